The van der Waals surface area contributed by atoms with Crippen LogP contribution in [0.5, 0.6) is 11.5 Å². The topological polar surface area (TPSA) is 91.4 Å². The summed E-state index contributed by atoms with van der Waals surface area (Å²) >= 11 is 6.07. The van der Waals surface area contributed by atoms with Gasteiger partial charge in [-0.2, -0.15) is 0 Å². The molecule has 0 aliphatic carbocycles. The molecule has 0 atom stereocenters. The molecule has 1 aromatic carbocycles. The van der Waals surface area contributed by atoms with Crippen LogP contribution in [0.25, 0.3) is 0 Å². The summed E-state index contributed by atoms with van der Waals surface area (Å²) in [5.41, 5.74) is 0.148. The predicted octanol–water partition coefficient (Wildman–Crippen LogP) is 1.93. The molecule has 0 radical (unpaired) electrons. The van der Waals surface area contributed by atoms with E-state index in [1.165, 1.54) is 33.5 Å². The van der Waals surface area contributed by atoms with Gasteiger partial charge in [-0.1, -0.05) is 11.6 Å². The monoisotopic (exact) mass is 399 g/mol. The second-order valence-electron chi connectivity index (χ2n) is 5.95. The molecule has 1 aliphatic rings. The smallest absolute Gasteiger partial charge is 0.338 e. The lowest BCUT2D eigenvalue weighted by atomic mass is 9.97. The fraction of sp³-hybridized carbons (Fsp3) is 0.500. The summed E-state index contributed by atoms with van der Waals surface area (Å²) in [5, 5.41) is 0.194. The molecule has 0 N–H and O–H groups in total. The number of amides is 1. The van der Waals surface area contributed by atoms with Crippen LogP contribution in [0, 0.1) is 5.92 Å². The maximum absolute atomic E-state index is 12.2. The van der Waals surface area contributed by atoms with Crippen molar-refractivity contribution in [2.24, 2.45) is 5.92 Å². The first-order chi connectivity index (χ1) is 12.9. The number of methoxy groups -OCH3 is 3. The van der Waals surface area contributed by atoms with Crippen molar-refractivity contribution in [3.05, 3.63) is 22.7 Å². The van der Waals surface area contributed by atoms with Gasteiger partial charge in [-0.25, -0.2) is 4.79 Å². The van der Waals surface area contributed by atoms with Crippen molar-refractivity contribution in [3.63, 3.8) is 0 Å². The molecule has 2 rings (SSSR count). The van der Waals surface area contributed by atoms with Crippen molar-refractivity contribution in [1.82, 2.24) is 4.90 Å². The predicted molar refractivity (Wildman–Crippen MR) is 96.2 cm³/mol. The first kappa shape index (κ1) is 20.8. The van der Waals surface area contributed by atoms with Crippen LogP contribution in [0.2, 0.25) is 5.02 Å². The normalized spacial score (nSPS) is 14.4. The van der Waals surface area contributed by atoms with Crippen molar-refractivity contribution >= 4 is 29.4 Å². The van der Waals surface area contributed by atoms with E-state index in [4.69, 9.17) is 30.5 Å². The van der Waals surface area contributed by atoms with Crippen LogP contribution in [-0.2, 0) is 19.1 Å². The standard InChI is InChI=1S/C18H22ClNO7/c1-24-14-9-12(8-13(19)16(14)25-2)18(23)27-10-15(21)20-6-4-11(5-7-20)17(22)26-3/h8-9,11H,4-7,10H2,1-3H3. The number of carbonyl (C=O) groups is 3. The highest BCUT2D eigenvalue weighted by molar-refractivity contribution is 6.32. The molecule has 0 bridgehead atoms. The number of piperidine rings is 1. The first-order valence-electron chi connectivity index (χ1n) is 8.35. The molecule has 9 heteroatoms. The number of nitrogens with zero attached hydrogens (tertiary/aromatic N) is 1. The fourth-order valence-electron chi connectivity index (χ4n) is 2.87. The van der Waals surface area contributed by atoms with E-state index in [0.717, 1.165) is 0 Å². The molecule has 1 aromatic rings. The minimum absolute atomic E-state index is 0.148. The van der Waals surface area contributed by atoms with Gasteiger partial charge in [0.05, 0.1) is 37.8 Å². The molecule has 1 saturated heterocycles. The molecule has 1 aliphatic heterocycles. The zero-order chi connectivity index (χ0) is 20.0. The van der Waals surface area contributed by atoms with Gasteiger partial charge < -0.3 is 23.8 Å². The Hall–Kier alpha value is -2.48. The summed E-state index contributed by atoms with van der Waals surface area (Å²) in [6.45, 7) is 0.435. The highest BCUT2D eigenvalue weighted by atomic mass is 35.5. The third-order valence-corrected chi connectivity index (χ3v) is 4.66. The van der Waals surface area contributed by atoms with Crippen molar-refractivity contribution in [1.29, 1.82) is 0 Å². The SMILES string of the molecule is COC(=O)C1CCN(C(=O)COC(=O)c2cc(Cl)c(OC)c(OC)c2)CC1. The van der Waals surface area contributed by atoms with E-state index in [0.29, 0.717) is 31.7 Å². The lowest BCUT2D eigenvalue weighted by molar-refractivity contribution is -0.149. The van der Waals surface area contributed by atoms with Gasteiger partial charge in [0.1, 0.15) is 0 Å². The Balaban J connectivity index is 1.91. The van der Waals surface area contributed by atoms with E-state index < -0.39 is 12.6 Å². The third kappa shape index (κ3) is 5.03. The first-order valence-corrected chi connectivity index (χ1v) is 8.73. The van der Waals surface area contributed by atoms with Gasteiger partial charge in [-0.05, 0) is 25.0 Å². The number of likely N-dealkylation sites (tertiary alicyclic amines) is 1. The molecule has 0 unspecified atom stereocenters. The van der Waals surface area contributed by atoms with Gasteiger partial charge in [0.2, 0.25) is 0 Å². The van der Waals surface area contributed by atoms with Crippen LogP contribution >= 0.6 is 11.6 Å². The Morgan fingerprint density at radius 3 is 2.33 bits per heavy atom. The van der Waals surface area contributed by atoms with Crippen LogP contribution < -0.4 is 9.47 Å². The van der Waals surface area contributed by atoms with E-state index >= 15 is 0 Å². The zero-order valence-electron chi connectivity index (χ0n) is 15.5. The minimum atomic E-state index is -0.698. The maximum Gasteiger partial charge on any atom is 0.338 e. The summed E-state index contributed by atoms with van der Waals surface area (Å²) < 4.78 is 20.1. The maximum atomic E-state index is 12.2. The van der Waals surface area contributed by atoms with E-state index in [1.807, 2.05) is 0 Å². The van der Waals surface area contributed by atoms with Crippen molar-refractivity contribution in [2.75, 3.05) is 41.0 Å². The average Bonchev–Trinajstić information content (AvgIpc) is 2.70. The molecule has 0 aromatic heterocycles. The number of hydrogen-bond acceptors (Lipinski definition) is 7. The Bertz CT molecular complexity index is 714. The fourth-order valence-corrected chi connectivity index (χ4v) is 3.16. The number of halogens is 1. The van der Waals surface area contributed by atoms with E-state index in [2.05, 4.69) is 0 Å². The van der Waals surface area contributed by atoms with Gasteiger partial charge in [0, 0.05) is 13.1 Å². The molecule has 8 nitrogen and oxygen atoms in total. The summed E-state index contributed by atoms with van der Waals surface area (Å²) in [7, 11) is 4.20. The van der Waals surface area contributed by atoms with E-state index in [1.54, 1.807) is 4.90 Å². The van der Waals surface area contributed by atoms with Gasteiger partial charge in [-0.15, -0.1) is 0 Å². The van der Waals surface area contributed by atoms with E-state index in [-0.39, 0.29) is 34.1 Å². The highest BCUT2D eigenvalue weighted by Gasteiger charge is 2.28. The highest BCUT2D eigenvalue weighted by Crippen LogP contribution is 2.36. The number of esters is 2. The van der Waals surface area contributed by atoms with Crippen LogP contribution in [0.15, 0.2) is 12.1 Å². The van der Waals surface area contributed by atoms with Crippen LogP contribution in [0.4, 0.5) is 0 Å². The average molecular weight is 400 g/mol. The molecule has 1 fully saturated rings. The van der Waals surface area contributed by atoms with Gasteiger partial charge in [0.25, 0.3) is 5.91 Å². The molecular formula is C18H22ClNO7. The summed E-state index contributed by atoms with van der Waals surface area (Å²) in [6, 6.07) is 2.82. The Morgan fingerprint density at radius 2 is 1.78 bits per heavy atom. The Morgan fingerprint density at radius 1 is 1.11 bits per heavy atom. The van der Waals surface area contributed by atoms with Crippen LogP contribution in [-0.4, -0.2) is 63.8 Å². The van der Waals surface area contributed by atoms with Crippen LogP contribution in [0.1, 0.15) is 23.2 Å². The quantitative estimate of drug-likeness (QED) is 0.675. The number of ether oxygens (including phenoxy) is 4. The van der Waals surface area contributed by atoms with Gasteiger partial charge >= 0.3 is 11.9 Å². The molecule has 1 heterocycles. The van der Waals surface area contributed by atoms with Crippen LogP contribution in [0.3, 0.4) is 0 Å². The molecule has 0 saturated carbocycles. The number of benzene rings is 1. The largest absolute Gasteiger partial charge is 0.493 e. The molecule has 0 spiro atoms. The van der Waals surface area contributed by atoms with Crippen molar-refractivity contribution in [2.45, 2.75) is 12.8 Å². The summed E-state index contributed by atoms with van der Waals surface area (Å²) in [4.78, 5) is 37.5. The molecule has 148 valence electrons. The lowest BCUT2D eigenvalue weighted by Gasteiger charge is -2.30. The number of rotatable bonds is 6. The second-order valence-corrected chi connectivity index (χ2v) is 6.36. The molecule has 1 amide bonds. The second kappa shape index (κ2) is 9.45. The number of carbonyl (C=O) groups excluding carboxylic acids is 3. The molecule has 27 heavy (non-hydrogen) atoms. The van der Waals surface area contributed by atoms with Gasteiger partial charge in [0.15, 0.2) is 18.1 Å². The lowest BCUT2D eigenvalue weighted by Crippen LogP contribution is -2.42. The Kier molecular flexibility index (Phi) is 7.29. The Labute approximate surface area is 162 Å². The third-order valence-electron chi connectivity index (χ3n) is 4.38. The van der Waals surface area contributed by atoms with E-state index in [9.17, 15) is 14.4 Å². The molecular weight excluding hydrogens is 378 g/mol. The number of hydrogen-bond donors (Lipinski definition) is 0. The minimum Gasteiger partial charge on any atom is -0.493 e. The summed E-state index contributed by atoms with van der Waals surface area (Å²) in [6.07, 6.45) is 1.05. The van der Waals surface area contributed by atoms with Crippen molar-refractivity contribution < 1.29 is 33.3 Å². The summed E-state index contributed by atoms with van der Waals surface area (Å²) in [5.74, 6) is -0.892. The van der Waals surface area contributed by atoms with Gasteiger partial charge in [-0.3, -0.25) is 9.59 Å². The van der Waals surface area contributed by atoms with Crippen molar-refractivity contribution in [3.8, 4) is 11.5 Å². The zero-order valence-corrected chi connectivity index (χ0v) is 16.2.